The largest absolute Gasteiger partial charge is 0.451 e. The molecule has 4 aliphatic rings. The number of nitrogens with one attached hydrogen (secondary N) is 1. The van der Waals surface area contributed by atoms with E-state index in [2.05, 4.69) is 24.5 Å². The Kier molecular flexibility index (Phi) is 10.9. The minimum atomic E-state index is -3.32. The maximum atomic E-state index is 14.6. The van der Waals surface area contributed by atoms with Crippen molar-refractivity contribution in [1.29, 1.82) is 0 Å². The fourth-order valence-electron chi connectivity index (χ4n) is 7.64. The number of sulfonamides is 1. The predicted octanol–water partition coefficient (Wildman–Crippen LogP) is 3.83. The van der Waals surface area contributed by atoms with E-state index in [0.29, 0.717) is 37.7 Å². The highest BCUT2D eigenvalue weighted by molar-refractivity contribution is 7.90. The topological polar surface area (TPSA) is 126 Å². The number of hydrogen-bond acceptors (Lipinski definition) is 10. The number of benzene rings is 1. The summed E-state index contributed by atoms with van der Waals surface area (Å²) in [6.07, 6.45) is 8.08. The van der Waals surface area contributed by atoms with Crippen molar-refractivity contribution >= 4 is 21.7 Å². The number of anilines is 1. The van der Waals surface area contributed by atoms with E-state index in [9.17, 15) is 17.6 Å². The highest BCUT2D eigenvalue weighted by Gasteiger charge is 2.46. The lowest BCUT2D eigenvalue weighted by Crippen LogP contribution is -2.61. The first kappa shape index (κ1) is 34.9. The molecule has 1 aromatic heterocycles. The van der Waals surface area contributed by atoms with Crippen LogP contribution in [0.2, 0.25) is 0 Å². The summed E-state index contributed by atoms with van der Waals surface area (Å²) in [5, 5.41) is -0.475. The van der Waals surface area contributed by atoms with Gasteiger partial charge < -0.3 is 28.9 Å². The number of nitrogens with zero attached hydrogens (tertiary/aromatic N) is 5. The Labute approximate surface area is 283 Å². The van der Waals surface area contributed by atoms with Gasteiger partial charge in [0.15, 0.2) is 11.6 Å². The standard InChI is InChI=1S/C34H49FN6O6S/c1-4-38-48(43,44)28-7-6-27(46-20-28)19-39-13-11-34(12-14-39)21-40(22-34)32-31(18-36-23-37-32)47-30-8-5-25(35)17-29(30)33(42)41(24(2)3)26-9-15-45-16-10-26/h5,8,17-18,23-24,26-28,38H,4,6-7,9-16,19-22H2,1-3H3/t27-,28+/m0/s1. The minimum Gasteiger partial charge on any atom is -0.451 e. The Bertz CT molecular complexity index is 1520. The predicted molar refractivity (Wildman–Crippen MR) is 179 cm³/mol. The quantitative estimate of drug-likeness (QED) is 0.373. The van der Waals surface area contributed by atoms with Crippen molar-refractivity contribution in [3.8, 4) is 11.5 Å². The zero-order valence-corrected chi connectivity index (χ0v) is 29.1. The molecule has 6 rings (SSSR count). The normalized spacial score (nSPS) is 23.6. The first-order valence-electron chi connectivity index (χ1n) is 17.3. The zero-order valence-electron chi connectivity index (χ0n) is 28.3. The summed E-state index contributed by atoms with van der Waals surface area (Å²) >= 11 is 0. The van der Waals surface area contributed by atoms with Gasteiger partial charge in [-0.2, -0.15) is 0 Å². The van der Waals surface area contributed by atoms with Crippen LogP contribution >= 0.6 is 0 Å². The number of amides is 1. The van der Waals surface area contributed by atoms with Crippen LogP contribution in [0.4, 0.5) is 10.2 Å². The molecule has 0 bridgehead atoms. The van der Waals surface area contributed by atoms with Crippen LogP contribution in [0.5, 0.6) is 11.5 Å². The third kappa shape index (κ3) is 7.77. The summed E-state index contributed by atoms with van der Waals surface area (Å²) in [4.78, 5) is 29.1. The molecule has 4 saturated heterocycles. The molecule has 14 heteroatoms. The minimum absolute atomic E-state index is 0.0103. The monoisotopic (exact) mass is 688 g/mol. The van der Waals surface area contributed by atoms with E-state index in [1.54, 1.807) is 13.1 Å². The summed E-state index contributed by atoms with van der Waals surface area (Å²) in [5.41, 5.74) is 0.351. The zero-order chi connectivity index (χ0) is 33.9. The third-order valence-corrected chi connectivity index (χ3v) is 12.2. The second-order valence-corrected chi connectivity index (χ2v) is 16.0. The lowest BCUT2D eigenvalue weighted by Gasteiger charge is -2.54. The maximum Gasteiger partial charge on any atom is 0.258 e. The smallest absolute Gasteiger partial charge is 0.258 e. The van der Waals surface area contributed by atoms with Crippen molar-refractivity contribution in [1.82, 2.24) is 24.5 Å². The van der Waals surface area contributed by atoms with E-state index in [4.69, 9.17) is 14.2 Å². The van der Waals surface area contributed by atoms with Gasteiger partial charge in [0.2, 0.25) is 10.0 Å². The van der Waals surface area contributed by atoms with E-state index in [-0.39, 0.29) is 47.4 Å². The number of carbonyl (C=O) groups is 1. The van der Waals surface area contributed by atoms with Crippen LogP contribution in [0, 0.1) is 11.2 Å². The van der Waals surface area contributed by atoms with Gasteiger partial charge in [-0.1, -0.05) is 6.92 Å². The molecule has 0 aliphatic carbocycles. The maximum absolute atomic E-state index is 14.6. The van der Waals surface area contributed by atoms with Gasteiger partial charge in [-0.25, -0.2) is 27.5 Å². The Morgan fingerprint density at radius 3 is 2.56 bits per heavy atom. The molecular formula is C34H49FN6O6S. The number of ether oxygens (including phenoxy) is 3. The van der Waals surface area contributed by atoms with E-state index in [1.165, 1.54) is 24.5 Å². The molecule has 264 valence electrons. The van der Waals surface area contributed by atoms with Gasteiger partial charge in [-0.15, -0.1) is 0 Å². The van der Waals surface area contributed by atoms with Gasteiger partial charge >= 0.3 is 0 Å². The van der Waals surface area contributed by atoms with Crippen LogP contribution in [0.15, 0.2) is 30.7 Å². The Balaban J connectivity index is 1.06. The Hall–Kier alpha value is -2.91. The van der Waals surface area contributed by atoms with Gasteiger partial charge in [-0.3, -0.25) is 4.79 Å². The van der Waals surface area contributed by atoms with Crippen molar-refractivity contribution in [3.63, 3.8) is 0 Å². The van der Waals surface area contributed by atoms with E-state index in [1.807, 2.05) is 18.7 Å². The Morgan fingerprint density at radius 2 is 1.90 bits per heavy atom. The highest BCUT2D eigenvalue weighted by Crippen LogP contribution is 2.45. The summed E-state index contributed by atoms with van der Waals surface area (Å²) in [6, 6.07) is 4.00. The number of carbonyl (C=O) groups excluding carboxylic acids is 1. The van der Waals surface area contributed by atoms with Crippen LogP contribution in [-0.4, -0.2) is 117 Å². The molecule has 0 saturated carbocycles. The molecular weight excluding hydrogens is 639 g/mol. The van der Waals surface area contributed by atoms with Gasteiger partial charge in [0.1, 0.15) is 17.9 Å². The molecule has 4 fully saturated rings. The van der Waals surface area contributed by atoms with Crippen molar-refractivity contribution in [2.75, 3.05) is 64.0 Å². The molecule has 0 unspecified atom stereocenters. The SMILES string of the molecule is CCNS(=O)(=O)[C@@H]1CC[C@@H](CN2CCC3(CC2)CN(c2ncncc2Oc2ccc(F)cc2C(=O)N(C(C)C)C2CCOCC2)C3)OC1. The molecule has 4 aliphatic heterocycles. The van der Waals surface area contributed by atoms with E-state index >= 15 is 0 Å². The number of hydrogen-bond donors (Lipinski definition) is 1. The number of piperidine rings is 1. The van der Waals surface area contributed by atoms with E-state index in [0.717, 1.165) is 64.8 Å². The molecule has 48 heavy (non-hydrogen) atoms. The third-order valence-electron chi connectivity index (χ3n) is 10.3. The van der Waals surface area contributed by atoms with Crippen LogP contribution in [0.25, 0.3) is 0 Å². The number of likely N-dealkylation sites (tertiary alicyclic amines) is 1. The average molecular weight is 689 g/mol. The van der Waals surface area contributed by atoms with Gasteiger partial charge in [0.05, 0.1) is 29.7 Å². The molecule has 2 atom stereocenters. The van der Waals surface area contributed by atoms with Crippen molar-refractivity contribution in [3.05, 3.63) is 42.1 Å². The number of rotatable bonds is 11. The fourth-order valence-corrected chi connectivity index (χ4v) is 8.98. The fraction of sp³-hybridized carbons (Fsp3) is 0.676. The number of aromatic nitrogens is 2. The van der Waals surface area contributed by atoms with Gasteiger partial charge in [-0.05, 0) is 83.7 Å². The molecule has 1 N–H and O–H groups in total. The van der Waals surface area contributed by atoms with Crippen molar-refractivity contribution in [2.45, 2.75) is 82.7 Å². The van der Waals surface area contributed by atoms with Crippen molar-refractivity contribution < 1.29 is 31.8 Å². The molecule has 12 nitrogen and oxygen atoms in total. The van der Waals surface area contributed by atoms with Crippen LogP contribution < -0.4 is 14.4 Å². The van der Waals surface area contributed by atoms with Crippen molar-refractivity contribution in [2.24, 2.45) is 5.41 Å². The van der Waals surface area contributed by atoms with Crippen LogP contribution in [0.3, 0.4) is 0 Å². The second-order valence-electron chi connectivity index (χ2n) is 14.0. The summed E-state index contributed by atoms with van der Waals surface area (Å²) < 4.78 is 59.7. The lowest BCUT2D eigenvalue weighted by molar-refractivity contribution is -0.0194. The lowest BCUT2D eigenvalue weighted by atomic mass is 9.72. The van der Waals surface area contributed by atoms with E-state index < -0.39 is 21.1 Å². The molecule has 1 spiro atoms. The first-order valence-corrected chi connectivity index (χ1v) is 18.9. The van der Waals surface area contributed by atoms with Gasteiger partial charge in [0, 0.05) is 56.9 Å². The number of halogens is 1. The molecule has 5 heterocycles. The van der Waals surface area contributed by atoms with Crippen LogP contribution in [-0.2, 0) is 19.5 Å². The first-order chi connectivity index (χ1) is 23.1. The molecule has 1 amide bonds. The second kappa shape index (κ2) is 14.9. The Morgan fingerprint density at radius 1 is 1.15 bits per heavy atom. The summed E-state index contributed by atoms with van der Waals surface area (Å²) in [6.45, 7) is 12.0. The highest BCUT2D eigenvalue weighted by atomic mass is 32.2. The molecule has 2 aromatic rings. The average Bonchev–Trinajstić information content (AvgIpc) is 3.06. The molecule has 1 aromatic carbocycles. The summed E-state index contributed by atoms with van der Waals surface area (Å²) in [5.74, 6) is 0.587. The van der Waals surface area contributed by atoms with Crippen LogP contribution in [0.1, 0.15) is 69.7 Å². The van der Waals surface area contributed by atoms with Gasteiger partial charge in [0.25, 0.3) is 5.91 Å². The summed E-state index contributed by atoms with van der Waals surface area (Å²) in [7, 11) is -3.32. The molecule has 0 radical (unpaired) electrons.